The van der Waals surface area contributed by atoms with Crippen molar-refractivity contribution in [1.82, 2.24) is 4.90 Å². The molecule has 0 N–H and O–H groups in total. The molecular formula is C23H23NO3. The van der Waals surface area contributed by atoms with Crippen molar-refractivity contribution in [3.05, 3.63) is 66.2 Å². The van der Waals surface area contributed by atoms with Gasteiger partial charge in [-0.3, -0.25) is 4.90 Å². The molecule has 1 atom stereocenters. The fourth-order valence-electron chi connectivity index (χ4n) is 4.10. The first-order valence-corrected chi connectivity index (χ1v) is 9.60. The van der Waals surface area contributed by atoms with Gasteiger partial charge in [0.05, 0.1) is 0 Å². The maximum Gasteiger partial charge on any atom is 0.231 e. The lowest BCUT2D eigenvalue weighted by Crippen LogP contribution is -2.33. The molecule has 1 fully saturated rings. The van der Waals surface area contributed by atoms with E-state index in [-0.39, 0.29) is 0 Å². The fraction of sp³-hybridized carbons (Fsp3) is 0.304. The van der Waals surface area contributed by atoms with E-state index in [0.29, 0.717) is 19.4 Å². The van der Waals surface area contributed by atoms with E-state index in [4.69, 9.17) is 14.2 Å². The van der Waals surface area contributed by atoms with Crippen molar-refractivity contribution in [1.29, 1.82) is 0 Å². The van der Waals surface area contributed by atoms with Crippen LogP contribution in [-0.2, 0) is 6.54 Å². The largest absolute Gasteiger partial charge is 0.492 e. The second-order valence-electron chi connectivity index (χ2n) is 7.23. The van der Waals surface area contributed by atoms with Crippen molar-refractivity contribution in [3.8, 4) is 17.2 Å². The van der Waals surface area contributed by atoms with Crippen LogP contribution >= 0.6 is 0 Å². The smallest absolute Gasteiger partial charge is 0.231 e. The Morgan fingerprint density at radius 2 is 1.85 bits per heavy atom. The number of benzene rings is 3. The van der Waals surface area contributed by atoms with E-state index in [2.05, 4.69) is 47.4 Å². The monoisotopic (exact) mass is 361 g/mol. The van der Waals surface area contributed by atoms with Crippen molar-refractivity contribution in [2.24, 2.45) is 0 Å². The Balaban J connectivity index is 1.28. The average Bonchev–Trinajstić information content (AvgIpc) is 3.35. The minimum atomic E-state index is 0.292. The highest BCUT2D eigenvalue weighted by Crippen LogP contribution is 2.35. The summed E-state index contributed by atoms with van der Waals surface area (Å²) in [6.07, 6.45) is 2.40. The van der Waals surface area contributed by atoms with Gasteiger partial charge in [0.2, 0.25) is 6.79 Å². The summed E-state index contributed by atoms with van der Waals surface area (Å²) in [5.74, 6) is 2.41. The molecule has 0 unspecified atom stereocenters. The molecule has 0 spiro atoms. The van der Waals surface area contributed by atoms with E-state index in [0.717, 1.165) is 30.3 Å². The molecule has 2 aliphatic rings. The molecule has 2 aliphatic heterocycles. The third kappa shape index (κ3) is 3.33. The highest BCUT2D eigenvalue weighted by Gasteiger charge is 2.26. The Kier molecular flexibility index (Phi) is 4.34. The predicted octanol–water partition coefficient (Wildman–Crippen LogP) is 4.61. The van der Waals surface area contributed by atoms with Gasteiger partial charge < -0.3 is 14.2 Å². The SMILES string of the molecule is c1ccc2c(CN3CCC[C@@H]3COc3ccc4c(c3)OCO4)cccc2c1. The number of hydrogen-bond donors (Lipinski definition) is 0. The maximum atomic E-state index is 6.09. The Morgan fingerprint density at radius 3 is 2.85 bits per heavy atom. The lowest BCUT2D eigenvalue weighted by Gasteiger charge is -2.25. The van der Waals surface area contributed by atoms with Crippen LogP contribution in [0.15, 0.2) is 60.7 Å². The summed E-state index contributed by atoms with van der Waals surface area (Å²) in [4.78, 5) is 2.55. The summed E-state index contributed by atoms with van der Waals surface area (Å²) in [6.45, 7) is 3.08. The first-order chi connectivity index (χ1) is 13.4. The molecule has 4 heteroatoms. The van der Waals surface area contributed by atoms with Crippen LogP contribution in [0.5, 0.6) is 17.2 Å². The number of likely N-dealkylation sites (tertiary alicyclic amines) is 1. The summed E-state index contributed by atoms with van der Waals surface area (Å²) in [5.41, 5.74) is 1.39. The zero-order valence-corrected chi connectivity index (χ0v) is 15.3. The van der Waals surface area contributed by atoms with Crippen molar-refractivity contribution in [2.45, 2.75) is 25.4 Å². The van der Waals surface area contributed by atoms with Crippen LogP contribution in [0.4, 0.5) is 0 Å². The van der Waals surface area contributed by atoms with Crippen LogP contribution in [-0.4, -0.2) is 30.9 Å². The average molecular weight is 361 g/mol. The highest BCUT2D eigenvalue weighted by molar-refractivity contribution is 5.85. The molecule has 3 aromatic rings. The number of rotatable bonds is 5. The lowest BCUT2D eigenvalue weighted by molar-refractivity contribution is 0.166. The van der Waals surface area contributed by atoms with Gasteiger partial charge in [-0.05, 0) is 47.9 Å². The third-order valence-corrected chi connectivity index (χ3v) is 5.54. The van der Waals surface area contributed by atoms with Gasteiger partial charge in [0.1, 0.15) is 12.4 Å². The zero-order valence-electron chi connectivity index (χ0n) is 15.3. The van der Waals surface area contributed by atoms with E-state index in [1.807, 2.05) is 18.2 Å². The number of fused-ring (bicyclic) bond motifs is 2. The molecule has 0 radical (unpaired) electrons. The van der Waals surface area contributed by atoms with Gasteiger partial charge in [-0.1, -0.05) is 42.5 Å². The van der Waals surface area contributed by atoms with E-state index in [1.54, 1.807) is 0 Å². The first kappa shape index (κ1) is 16.5. The lowest BCUT2D eigenvalue weighted by atomic mass is 10.0. The molecular weight excluding hydrogens is 338 g/mol. The quantitative estimate of drug-likeness (QED) is 0.664. The van der Waals surface area contributed by atoms with Crippen LogP contribution in [0, 0.1) is 0 Å². The second kappa shape index (κ2) is 7.12. The van der Waals surface area contributed by atoms with Gasteiger partial charge in [-0.25, -0.2) is 0 Å². The maximum absolute atomic E-state index is 6.09. The fourth-order valence-corrected chi connectivity index (χ4v) is 4.10. The molecule has 0 saturated carbocycles. The molecule has 1 saturated heterocycles. The van der Waals surface area contributed by atoms with Crippen molar-refractivity contribution in [3.63, 3.8) is 0 Å². The summed E-state index contributed by atoms with van der Waals surface area (Å²) in [7, 11) is 0. The van der Waals surface area contributed by atoms with E-state index >= 15 is 0 Å². The van der Waals surface area contributed by atoms with Crippen molar-refractivity contribution in [2.75, 3.05) is 19.9 Å². The van der Waals surface area contributed by atoms with Crippen LogP contribution in [0.2, 0.25) is 0 Å². The summed E-state index contributed by atoms with van der Waals surface area (Å²) in [6, 6.07) is 21.5. The van der Waals surface area contributed by atoms with Crippen LogP contribution < -0.4 is 14.2 Å². The Bertz CT molecular complexity index is 950. The van der Waals surface area contributed by atoms with E-state index < -0.39 is 0 Å². The van der Waals surface area contributed by atoms with Gasteiger partial charge >= 0.3 is 0 Å². The molecule has 0 aromatic heterocycles. The molecule has 138 valence electrons. The zero-order chi connectivity index (χ0) is 18.1. The Labute approximate surface area is 159 Å². The van der Waals surface area contributed by atoms with Gasteiger partial charge in [-0.15, -0.1) is 0 Å². The molecule has 4 nitrogen and oxygen atoms in total. The minimum Gasteiger partial charge on any atom is -0.492 e. The summed E-state index contributed by atoms with van der Waals surface area (Å²) in [5, 5.41) is 2.66. The Morgan fingerprint density at radius 1 is 0.963 bits per heavy atom. The normalized spacial score (nSPS) is 18.9. The van der Waals surface area contributed by atoms with Crippen molar-refractivity contribution >= 4 is 10.8 Å². The standard InChI is InChI=1S/C23H23NO3/c1-2-9-21-17(5-1)6-3-7-18(21)14-24-12-4-8-19(24)15-25-20-10-11-22-23(13-20)27-16-26-22/h1-3,5-7,9-11,13,19H,4,8,12,14-16H2/t19-/m1/s1. The third-order valence-electron chi connectivity index (χ3n) is 5.54. The Hall–Kier alpha value is -2.72. The summed E-state index contributed by atoms with van der Waals surface area (Å²) < 4.78 is 16.9. The van der Waals surface area contributed by atoms with Gasteiger partial charge in [-0.2, -0.15) is 0 Å². The van der Waals surface area contributed by atoms with E-state index in [9.17, 15) is 0 Å². The molecule has 0 bridgehead atoms. The van der Waals surface area contributed by atoms with Gasteiger partial charge in [0.15, 0.2) is 11.5 Å². The molecule has 0 amide bonds. The number of hydrogen-bond acceptors (Lipinski definition) is 4. The first-order valence-electron chi connectivity index (χ1n) is 9.60. The predicted molar refractivity (Wildman–Crippen MR) is 105 cm³/mol. The van der Waals surface area contributed by atoms with E-state index in [1.165, 1.54) is 29.2 Å². The molecule has 27 heavy (non-hydrogen) atoms. The molecule has 3 aromatic carbocycles. The molecule has 5 rings (SSSR count). The number of nitrogens with zero attached hydrogens (tertiary/aromatic N) is 1. The second-order valence-corrected chi connectivity index (χ2v) is 7.23. The minimum absolute atomic E-state index is 0.292. The van der Waals surface area contributed by atoms with Crippen LogP contribution in [0.25, 0.3) is 10.8 Å². The van der Waals surface area contributed by atoms with Gasteiger partial charge in [0, 0.05) is 18.7 Å². The molecule has 0 aliphatic carbocycles. The topological polar surface area (TPSA) is 30.9 Å². The number of ether oxygens (including phenoxy) is 3. The van der Waals surface area contributed by atoms with Gasteiger partial charge in [0.25, 0.3) is 0 Å². The highest BCUT2D eigenvalue weighted by atomic mass is 16.7. The van der Waals surface area contributed by atoms with Crippen LogP contribution in [0.1, 0.15) is 18.4 Å². The molecule has 2 heterocycles. The van der Waals surface area contributed by atoms with Crippen molar-refractivity contribution < 1.29 is 14.2 Å². The van der Waals surface area contributed by atoms with Crippen LogP contribution in [0.3, 0.4) is 0 Å². The summed E-state index contributed by atoms with van der Waals surface area (Å²) >= 11 is 0.